The SMILES string of the molecule is CC(C)NNC(C(=O)C(C)C)C(C)C. The highest BCUT2D eigenvalue weighted by Crippen LogP contribution is 2.08. The van der Waals surface area contributed by atoms with Crippen molar-refractivity contribution in [3.63, 3.8) is 0 Å². The van der Waals surface area contributed by atoms with Gasteiger partial charge in [-0.3, -0.25) is 10.2 Å². The third-order valence-electron chi connectivity index (χ3n) is 2.07. The van der Waals surface area contributed by atoms with Gasteiger partial charge >= 0.3 is 0 Å². The lowest BCUT2D eigenvalue weighted by Gasteiger charge is -2.24. The van der Waals surface area contributed by atoms with E-state index in [4.69, 9.17) is 0 Å². The van der Waals surface area contributed by atoms with Crippen LogP contribution >= 0.6 is 0 Å². The molecule has 0 bridgehead atoms. The fourth-order valence-corrected chi connectivity index (χ4v) is 1.18. The fraction of sp³-hybridized carbons (Fsp3) is 0.909. The molecule has 0 saturated carbocycles. The van der Waals surface area contributed by atoms with E-state index in [2.05, 4.69) is 24.7 Å². The van der Waals surface area contributed by atoms with E-state index < -0.39 is 0 Å². The Morgan fingerprint density at radius 3 is 1.71 bits per heavy atom. The standard InChI is InChI=1S/C11H24N2O/c1-7(2)10(11(14)8(3)4)13-12-9(5)6/h7-10,12-13H,1-6H3. The molecule has 0 aliphatic carbocycles. The van der Waals surface area contributed by atoms with Crippen molar-refractivity contribution in [3.05, 3.63) is 0 Å². The van der Waals surface area contributed by atoms with Gasteiger partial charge in [-0.1, -0.05) is 27.7 Å². The van der Waals surface area contributed by atoms with Crippen LogP contribution < -0.4 is 10.9 Å². The highest BCUT2D eigenvalue weighted by molar-refractivity contribution is 5.85. The van der Waals surface area contributed by atoms with Crippen molar-refractivity contribution in [2.75, 3.05) is 0 Å². The third kappa shape index (κ3) is 4.72. The summed E-state index contributed by atoms with van der Waals surface area (Å²) in [5, 5.41) is 0. The minimum absolute atomic E-state index is 0.0857. The van der Waals surface area contributed by atoms with Crippen molar-refractivity contribution < 1.29 is 4.79 Å². The van der Waals surface area contributed by atoms with Gasteiger partial charge in [0.05, 0.1) is 6.04 Å². The first-order valence-electron chi connectivity index (χ1n) is 5.41. The molecule has 3 nitrogen and oxygen atoms in total. The maximum Gasteiger partial charge on any atom is 0.153 e. The molecule has 0 aromatic rings. The molecule has 0 radical (unpaired) electrons. The summed E-state index contributed by atoms with van der Waals surface area (Å²) >= 11 is 0. The predicted molar refractivity (Wildman–Crippen MR) is 59.9 cm³/mol. The molecule has 0 aromatic carbocycles. The summed E-state index contributed by atoms with van der Waals surface area (Å²) < 4.78 is 0. The second kappa shape index (κ2) is 6.14. The maximum atomic E-state index is 11.8. The molecule has 0 aromatic heterocycles. The molecular weight excluding hydrogens is 176 g/mol. The molecule has 0 fully saturated rings. The fourth-order valence-electron chi connectivity index (χ4n) is 1.18. The van der Waals surface area contributed by atoms with Gasteiger partial charge < -0.3 is 0 Å². The van der Waals surface area contributed by atoms with E-state index in [0.717, 1.165) is 0 Å². The Kier molecular flexibility index (Phi) is 5.96. The van der Waals surface area contributed by atoms with Crippen molar-refractivity contribution in [1.29, 1.82) is 0 Å². The second-order valence-corrected chi connectivity index (χ2v) is 4.72. The molecule has 0 aliphatic heterocycles. The largest absolute Gasteiger partial charge is 0.298 e. The van der Waals surface area contributed by atoms with E-state index in [0.29, 0.717) is 12.0 Å². The van der Waals surface area contributed by atoms with Gasteiger partial charge in [0.15, 0.2) is 5.78 Å². The maximum absolute atomic E-state index is 11.8. The number of Topliss-reactive ketones (excluding diaryl/α,β-unsaturated/α-hetero) is 1. The van der Waals surface area contributed by atoms with Crippen LogP contribution in [0.15, 0.2) is 0 Å². The van der Waals surface area contributed by atoms with Crippen LogP contribution in [0.1, 0.15) is 41.5 Å². The lowest BCUT2D eigenvalue weighted by molar-refractivity contribution is -0.125. The van der Waals surface area contributed by atoms with Gasteiger partial charge in [-0.2, -0.15) is 0 Å². The molecule has 84 valence electrons. The molecule has 0 amide bonds. The van der Waals surface area contributed by atoms with Crippen LogP contribution in [0, 0.1) is 11.8 Å². The van der Waals surface area contributed by atoms with Crippen molar-refractivity contribution in [1.82, 2.24) is 10.9 Å². The Bertz CT molecular complexity index is 176. The summed E-state index contributed by atoms with van der Waals surface area (Å²) in [5.41, 5.74) is 6.19. The molecule has 0 heterocycles. The second-order valence-electron chi connectivity index (χ2n) is 4.72. The molecule has 14 heavy (non-hydrogen) atoms. The molecule has 0 spiro atoms. The Labute approximate surface area is 87.6 Å². The van der Waals surface area contributed by atoms with Crippen LogP contribution in [0.25, 0.3) is 0 Å². The first-order chi connectivity index (χ1) is 6.36. The van der Waals surface area contributed by atoms with E-state index >= 15 is 0 Å². The highest BCUT2D eigenvalue weighted by atomic mass is 16.1. The Hall–Kier alpha value is -0.410. The summed E-state index contributed by atoms with van der Waals surface area (Å²) in [4.78, 5) is 11.8. The molecular formula is C11H24N2O. The predicted octanol–water partition coefficient (Wildman–Crippen LogP) is 1.74. The van der Waals surface area contributed by atoms with Crippen molar-refractivity contribution >= 4 is 5.78 Å². The number of carbonyl (C=O) groups is 1. The van der Waals surface area contributed by atoms with Crippen LogP contribution in [0.5, 0.6) is 0 Å². The summed E-state index contributed by atoms with van der Waals surface area (Å²) in [6.45, 7) is 12.1. The number of rotatable bonds is 6. The third-order valence-corrected chi connectivity index (χ3v) is 2.07. The van der Waals surface area contributed by atoms with Crippen molar-refractivity contribution in [2.45, 2.75) is 53.6 Å². The average Bonchev–Trinajstić information content (AvgIpc) is 2.02. The van der Waals surface area contributed by atoms with E-state index in [1.165, 1.54) is 0 Å². The normalized spacial score (nSPS) is 14.1. The molecule has 3 heteroatoms. The number of hydrogen-bond donors (Lipinski definition) is 2. The zero-order valence-electron chi connectivity index (χ0n) is 10.2. The number of nitrogens with one attached hydrogen (secondary N) is 2. The minimum Gasteiger partial charge on any atom is -0.298 e. The Morgan fingerprint density at radius 1 is 0.929 bits per heavy atom. The molecule has 1 unspecified atom stereocenters. The number of hydrogen-bond acceptors (Lipinski definition) is 3. The van der Waals surface area contributed by atoms with Crippen LogP contribution in [0.4, 0.5) is 0 Å². The monoisotopic (exact) mass is 200 g/mol. The van der Waals surface area contributed by atoms with Crippen molar-refractivity contribution in [2.24, 2.45) is 11.8 Å². The average molecular weight is 200 g/mol. The smallest absolute Gasteiger partial charge is 0.153 e. The van der Waals surface area contributed by atoms with E-state index in [-0.39, 0.29) is 17.7 Å². The number of hydrazine groups is 1. The number of ketones is 1. The first-order valence-corrected chi connectivity index (χ1v) is 5.41. The minimum atomic E-state index is -0.0857. The lowest BCUT2D eigenvalue weighted by atomic mass is 9.94. The van der Waals surface area contributed by atoms with Gasteiger partial charge in [-0.25, -0.2) is 5.43 Å². The first kappa shape index (κ1) is 13.6. The lowest BCUT2D eigenvalue weighted by Crippen LogP contribution is -2.51. The molecule has 0 rings (SSSR count). The van der Waals surface area contributed by atoms with Gasteiger partial charge in [0, 0.05) is 12.0 Å². The van der Waals surface area contributed by atoms with Crippen LogP contribution in [0.2, 0.25) is 0 Å². The number of carbonyl (C=O) groups excluding carboxylic acids is 1. The molecule has 0 saturated heterocycles. The van der Waals surface area contributed by atoms with Crippen molar-refractivity contribution in [3.8, 4) is 0 Å². The quantitative estimate of drug-likeness (QED) is 0.642. The van der Waals surface area contributed by atoms with Gasteiger partial charge in [0.25, 0.3) is 0 Å². The van der Waals surface area contributed by atoms with Gasteiger partial charge in [0.1, 0.15) is 0 Å². The van der Waals surface area contributed by atoms with E-state index in [9.17, 15) is 4.79 Å². The van der Waals surface area contributed by atoms with Crippen LogP contribution in [0.3, 0.4) is 0 Å². The van der Waals surface area contributed by atoms with Gasteiger partial charge in [-0.15, -0.1) is 0 Å². The zero-order chi connectivity index (χ0) is 11.3. The van der Waals surface area contributed by atoms with Gasteiger partial charge in [0.2, 0.25) is 0 Å². The zero-order valence-corrected chi connectivity index (χ0v) is 10.2. The van der Waals surface area contributed by atoms with E-state index in [1.54, 1.807) is 0 Å². The van der Waals surface area contributed by atoms with E-state index in [1.807, 2.05) is 27.7 Å². The topological polar surface area (TPSA) is 41.1 Å². The Balaban J connectivity index is 4.23. The summed E-state index contributed by atoms with van der Waals surface area (Å²) in [5.74, 6) is 0.674. The van der Waals surface area contributed by atoms with Gasteiger partial charge in [-0.05, 0) is 19.8 Å². The molecule has 1 atom stereocenters. The summed E-state index contributed by atoms with van der Waals surface area (Å²) in [6.07, 6.45) is 0. The summed E-state index contributed by atoms with van der Waals surface area (Å²) in [6, 6.07) is 0.258. The Morgan fingerprint density at radius 2 is 1.43 bits per heavy atom. The highest BCUT2D eigenvalue weighted by Gasteiger charge is 2.23. The molecule has 2 N–H and O–H groups in total. The van der Waals surface area contributed by atoms with Crippen LogP contribution in [-0.4, -0.2) is 17.9 Å². The molecule has 0 aliphatic rings. The van der Waals surface area contributed by atoms with Crippen LogP contribution in [-0.2, 0) is 4.79 Å². The summed E-state index contributed by atoms with van der Waals surface area (Å²) in [7, 11) is 0.